The monoisotopic (exact) mass is 294 g/mol. The minimum absolute atomic E-state index is 0.0187. The van der Waals surface area contributed by atoms with Crippen molar-refractivity contribution >= 4 is 11.9 Å². The highest BCUT2D eigenvalue weighted by molar-refractivity contribution is 5.88. The number of ether oxygens (including phenoxy) is 1. The number of hydrogen-bond donors (Lipinski definition) is 1. The summed E-state index contributed by atoms with van der Waals surface area (Å²) in [5.41, 5.74) is 5.21. The first-order valence-corrected chi connectivity index (χ1v) is 7.68. The smallest absolute Gasteiger partial charge is 0.329 e. The number of nitrogens with zero attached hydrogens (tertiary/aromatic N) is 1. The summed E-state index contributed by atoms with van der Waals surface area (Å²) in [6, 6.07) is -1.14. The molecule has 1 saturated heterocycles. The fourth-order valence-electron chi connectivity index (χ4n) is 3.17. The van der Waals surface area contributed by atoms with Gasteiger partial charge in [-0.25, -0.2) is 4.79 Å². The molecule has 2 N–H and O–H groups in total. The van der Waals surface area contributed by atoms with E-state index in [2.05, 4.69) is 6.08 Å². The van der Waals surface area contributed by atoms with E-state index in [-0.39, 0.29) is 17.9 Å². The van der Waals surface area contributed by atoms with E-state index in [0.717, 1.165) is 12.8 Å². The first-order valence-electron chi connectivity index (χ1n) is 7.68. The lowest BCUT2D eigenvalue weighted by atomic mass is 9.89. The van der Waals surface area contributed by atoms with Crippen LogP contribution in [-0.2, 0) is 14.3 Å². The van der Waals surface area contributed by atoms with Gasteiger partial charge in [0.1, 0.15) is 11.6 Å². The van der Waals surface area contributed by atoms with Gasteiger partial charge in [-0.3, -0.25) is 4.79 Å². The Balaban J connectivity index is 2.24. The standard InChI is InChI=1S/C16H26N2O3/c1-10(17)14(19)18-12-8-6-5-7-11(12)9-13(18)15(20)21-16(2,3)4/h6,8,10-13H,5,7,9,17H2,1-4H3/t10?,11-,12-,13+/m1/s1. The van der Waals surface area contributed by atoms with Gasteiger partial charge in [0.15, 0.2) is 0 Å². The number of fused-ring (bicyclic) bond motifs is 1. The van der Waals surface area contributed by atoms with Crippen molar-refractivity contribution in [2.24, 2.45) is 11.7 Å². The van der Waals surface area contributed by atoms with Gasteiger partial charge in [0.25, 0.3) is 0 Å². The van der Waals surface area contributed by atoms with Crippen LogP contribution >= 0.6 is 0 Å². The highest BCUT2D eigenvalue weighted by Crippen LogP contribution is 2.37. The normalized spacial score (nSPS) is 30.0. The number of carbonyl (C=O) groups excluding carboxylic acids is 2. The third-order valence-electron chi connectivity index (χ3n) is 4.03. The first-order chi connectivity index (χ1) is 9.70. The van der Waals surface area contributed by atoms with Gasteiger partial charge >= 0.3 is 5.97 Å². The Labute approximate surface area is 126 Å². The molecular formula is C16H26N2O3. The summed E-state index contributed by atoms with van der Waals surface area (Å²) in [5.74, 6) is -0.167. The average molecular weight is 294 g/mol. The molecule has 2 rings (SSSR count). The van der Waals surface area contributed by atoms with Gasteiger partial charge in [-0.05, 0) is 52.9 Å². The van der Waals surface area contributed by atoms with E-state index in [1.54, 1.807) is 11.8 Å². The van der Waals surface area contributed by atoms with E-state index >= 15 is 0 Å². The second-order valence-electron chi connectivity index (χ2n) is 7.08. The SMILES string of the molecule is CC(N)C(=O)N1[C@@H]2C=CCC[C@@H]2C[C@H]1C(=O)OC(C)(C)C. The van der Waals surface area contributed by atoms with Crippen molar-refractivity contribution < 1.29 is 14.3 Å². The highest BCUT2D eigenvalue weighted by atomic mass is 16.6. The Hall–Kier alpha value is -1.36. The van der Waals surface area contributed by atoms with E-state index in [1.165, 1.54) is 0 Å². The summed E-state index contributed by atoms with van der Waals surface area (Å²) in [5, 5.41) is 0. The van der Waals surface area contributed by atoms with Crippen molar-refractivity contribution in [2.45, 2.75) is 70.7 Å². The molecule has 4 atom stereocenters. The van der Waals surface area contributed by atoms with Gasteiger partial charge in [0.05, 0.1) is 12.1 Å². The van der Waals surface area contributed by atoms with E-state index in [9.17, 15) is 9.59 Å². The molecular weight excluding hydrogens is 268 g/mol. The third kappa shape index (κ3) is 3.46. The maximum Gasteiger partial charge on any atom is 0.329 e. The molecule has 0 aromatic carbocycles. The van der Waals surface area contributed by atoms with E-state index in [1.807, 2.05) is 26.8 Å². The predicted octanol–water partition coefficient (Wildman–Crippen LogP) is 1.61. The zero-order valence-electron chi connectivity index (χ0n) is 13.3. The fraction of sp³-hybridized carbons (Fsp3) is 0.750. The zero-order valence-corrected chi connectivity index (χ0v) is 13.3. The molecule has 1 aliphatic carbocycles. The Morgan fingerprint density at radius 2 is 2.05 bits per heavy atom. The summed E-state index contributed by atoms with van der Waals surface area (Å²) < 4.78 is 5.49. The van der Waals surface area contributed by atoms with Gasteiger partial charge in [0, 0.05) is 0 Å². The molecule has 5 heteroatoms. The molecule has 21 heavy (non-hydrogen) atoms. The quantitative estimate of drug-likeness (QED) is 0.620. The lowest BCUT2D eigenvalue weighted by Gasteiger charge is -2.32. The van der Waals surface area contributed by atoms with E-state index in [4.69, 9.17) is 10.5 Å². The van der Waals surface area contributed by atoms with Crippen LogP contribution in [0.5, 0.6) is 0 Å². The predicted molar refractivity (Wildman–Crippen MR) is 80.4 cm³/mol. The molecule has 0 aromatic rings. The van der Waals surface area contributed by atoms with Crippen LogP contribution in [-0.4, -0.2) is 40.5 Å². The van der Waals surface area contributed by atoms with Crippen molar-refractivity contribution in [3.05, 3.63) is 12.2 Å². The lowest BCUT2D eigenvalue weighted by Crippen LogP contribution is -2.52. The van der Waals surface area contributed by atoms with Gasteiger partial charge in [-0.2, -0.15) is 0 Å². The second kappa shape index (κ2) is 5.79. The maximum absolute atomic E-state index is 12.5. The number of allylic oxidation sites excluding steroid dienone is 1. The second-order valence-corrected chi connectivity index (χ2v) is 7.08. The van der Waals surface area contributed by atoms with Gasteiger partial charge in [-0.15, -0.1) is 0 Å². The van der Waals surface area contributed by atoms with Crippen LogP contribution in [0.2, 0.25) is 0 Å². The van der Waals surface area contributed by atoms with Crippen LogP contribution in [0.3, 0.4) is 0 Å². The van der Waals surface area contributed by atoms with Gasteiger partial charge < -0.3 is 15.4 Å². The molecule has 0 spiro atoms. The fourth-order valence-corrected chi connectivity index (χ4v) is 3.17. The number of amides is 1. The summed E-state index contributed by atoms with van der Waals surface area (Å²) in [4.78, 5) is 26.6. The molecule has 1 fully saturated rings. The number of hydrogen-bond acceptors (Lipinski definition) is 4. The van der Waals surface area contributed by atoms with Gasteiger partial charge in [0.2, 0.25) is 5.91 Å². The van der Waals surface area contributed by atoms with Crippen LogP contribution in [0.1, 0.15) is 47.0 Å². The Kier molecular flexibility index (Phi) is 4.42. The number of nitrogens with two attached hydrogens (primary N) is 1. The number of esters is 1. The molecule has 1 aliphatic heterocycles. The minimum atomic E-state index is -0.607. The first kappa shape index (κ1) is 16.0. The van der Waals surface area contributed by atoms with Crippen molar-refractivity contribution in [1.29, 1.82) is 0 Å². The average Bonchev–Trinajstić information content (AvgIpc) is 2.75. The largest absolute Gasteiger partial charge is 0.458 e. The van der Waals surface area contributed by atoms with Crippen molar-refractivity contribution in [2.75, 3.05) is 0 Å². The molecule has 1 heterocycles. The van der Waals surface area contributed by atoms with Gasteiger partial charge in [-0.1, -0.05) is 12.2 Å². The summed E-state index contributed by atoms with van der Waals surface area (Å²) >= 11 is 0. The van der Waals surface area contributed by atoms with Crippen LogP contribution in [0.15, 0.2) is 12.2 Å². The van der Waals surface area contributed by atoms with Crippen LogP contribution < -0.4 is 5.73 Å². The molecule has 0 bridgehead atoms. The van der Waals surface area contributed by atoms with Crippen molar-refractivity contribution in [3.63, 3.8) is 0 Å². The topological polar surface area (TPSA) is 72.6 Å². The molecule has 1 unspecified atom stereocenters. The van der Waals surface area contributed by atoms with Crippen molar-refractivity contribution in [3.8, 4) is 0 Å². The molecule has 0 aromatic heterocycles. The summed E-state index contributed by atoms with van der Waals surface area (Å²) in [6.45, 7) is 7.17. The molecule has 5 nitrogen and oxygen atoms in total. The third-order valence-corrected chi connectivity index (χ3v) is 4.03. The zero-order chi connectivity index (χ0) is 15.8. The molecule has 1 amide bonds. The number of rotatable bonds is 2. The van der Waals surface area contributed by atoms with Crippen LogP contribution in [0.4, 0.5) is 0 Å². The Morgan fingerprint density at radius 1 is 1.38 bits per heavy atom. The van der Waals surface area contributed by atoms with E-state index in [0.29, 0.717) is 12.3 Å². The summed E-state index contributed by atoms with van der Waals surface area (Å²) in [7, 11) is 0. The molecule has 2 aliphatic rings. The maximum atomic E-state index is 12.5. The van der Waals surface area contributed by atoms with Crippen molar-refractivity contribution in [1.82, 2.24) is 4.90 Å². The summed E-state index contributed by atoms with van der Waals surface area (Å²) in [6.07, 6.45) is 6.80. The Bertz CT molecular complexity index is 451. The number of carbonyl (C=O) groups is 2. The number of likely N-dealkylation sites (tertiary alicyclic amines) is 1. The molecule has 0 saturated carbocycles. The van der Waals surface area contributed by atoms with Crippen LogP contribution in [0.25, 0.3) is 0 Å². The molecule has 118 valence electrons. The molecule has 0 radical (unpaired) electrons. The van der Waals surface area contributed by atoms with E-state index < -0.39 is 17.7 Å². The Morgan fingerprint density at radius 3 is 2.62 bits per heavy atom. The van der Waals surface area contributed by atoms with Crippen LogP contribution in [0, 0.1) is 5.92 Å². The minimum Gasteiger partial charge on any atom is -0.458 e. The highest BCUT2D eigenvalue weighted by Gasteiger charge is 2.48. The lowest BCUT2D eigenvalue weighted by molar-refractivity contribution is -0.164.